The van der Waals surface area contributed by atoms with E-state index in [9.17, 15) is 4.79 Å². The molecule has 6 nitrogen and oxygen atoms in total. The Kier molecular flexibility index (Phi) is 3.36. The number of amides is 1. The molecule has 0 saturated carbocycles. The molecule has 0 atom stereocenters. The Bertz CT molecular complexity index is 183. The summed E-state index contributed by atoms with van der Waals surface area (Å²) in [6, 6.07) is -0.741. The zero-order valence-corrected chi connectivity index (χ0v) is 6.77. The van der Waals surface area contributed by atoms with Crippen molar-refractivity contribution in [3.8, 4) is 0 Å². The molecule has 42 valence electrons. The van der Waals surface area contributed by atoms with Crippen molar-refractivity contribution in [3.05, 3.63) is 6.33 Å². The molecule has 0 saturated heterocycles. The van der Waals surface area contributed by atoms with Crippen molar-refractivity contribution >= 4 is 6.03 Å². The zero-order valence-electron chi connectivity index (χ0n) is 4.77. The van der Waals surface area contributed by atoms with Crippen LogP contribution in [0.15, 0.2) is 0 Å². The molecule has 0 spiro atoms. The minimum atomic E-state index is -0.741. The Balaban J connectivity index is 0.000000640. The first kappa shape index (κ1) is 8.54. The molecule has 1 rings (SSSR count). The van der Waals surface area contributed by atoms with Gasteiger partial charge in [-0.2, -0.15) is 0 Å². The van der Waals surface area contributed by atoms with Gasteiger partial charge in [-0.3, -0.25) is 0 Å². The fraction of sp³-hybridized carbons (Fsp3) is 0. The van der Waals surface area contributed by atoms with Crippen molar-refractivity contribution in [3.63, 3.8) is 0 Å². The molecule has 0 aromatic carbocycles. The van der Waals surface area contributed by atoms with Gasteiger partial charge in [0.25, 0.3) is 0 Å². The second-order valence-corrected chi connectivity index (χ2v) is 1.03. The van der Waals surface area contributed by atoms with Crippen molar-refractivity contribution in [1.29, 1.82) is 0 Å². The van der Waals surface area contributed by atoms with Crippen LogP contribution in [-0.4, -0.2) is 26.2 Å². The second kappa shape index (κ2) is 3.54. The average Bonchev–Trinajstić information content (AvgIpc) is 2.12. The van der Waals surface area contributed by atoms with Crippen LogP contribution < -0.4 is 35.3 Å². The first-order valence-electron chi connectivity index (χ1n) is 1.76. The molecule has 0 bridgehead atoms. The van der Waals surface area contributed by atoms with Crippen LogP contribution in [-0.2, 0) is 0 Å². The third kappa shape index (κ3) is 2.08. The van der Waals surface area contributed by atoms with Gasteiger partial charge < -0.3 is 15.2 Å². The van der Waals surface area contributed by atoms with E-state index in [1.807, 2.05) is 0 Å². The number of aromatic nitrogens is 4. The zero-order chi connectivity index (χ0) is 5.98. The summed E-state index contributed by atoms with van der Waals surface area (Å²) in [5.74, 6) is 0. The van der Waals surface area contributed by atoms with Gasteiger partial charge in [0.1, 0.15) is 0 Å². The Hall–Kier alpha value is -0.460. The van der Waals surface area contributed by atoms with E-state index in [-0.39, 0.29) is 29.6 Å². The largest absolute Gasteiger partial charge is 1.00 e. The van der Waals surface area contributed by atoms with E-state index in [1.165, 1.54) is 0 Å². The minimum absolute atomic E-state index is 0. The molecule has 1 aromatic rings. The van der Waals surface area contributed by atoms with Crippen LogP contribution >= 0.6 is 0 Å². The number of rotatable bonds is 0. The summed E-state index contributed by atoms with van der Waals surface area (Å²) in [5, 5.41) is 9.31. The van der Waals surface area contributed by atoms with E-state index in [2.05, 4.69) is 21.9 Å². The molecule has 0 fully saturated rings. The van der Waals surface area contributed by atoms with E-state index in [4.69, 9.17) is 5.73 Å². The van der Waals surface area contributed by atoms with E-state index >= 15 is 0 Å². The maximum absolute atomic E-state index is 10.1. The number of carbonyl (C=O) groups excluding carboxylic acids is 1. The Morgan fingerprint density at radius 3 is 2.56 bits per heavy atom. The number of tetrazole rings is 1. The quantitative estimate of drug-likeness (QED) is 0.220. The predicted octanol–water partition coefficient (Wildman–Crippen LogP) is -4.60. The van der Waals surface area contributed by atoms with Gasteiger partial charge in [-0.25, -0.2) is 5.10 Å². The van der Waals surface area contributed by atoms with E-state index < -0.39 is 6.03 Å². The molecule has 1 aromatic heterocycles. The number of hydrogen-bond acceptors (Lipinski definition) is 4. The number of nitrogens with two attached hydrogens (primary N) is 1. The first-order valence-corrected chi connectivity index (χ1v) is 1.76. The molecule has 0 unspecified atom stereocenters. The van der Waals surface area contributed by atoms with Gasteiger partial charge in [0.05, 0.1) is 0 Å². The minimum Gasteiger partial charge on any atom is -0.427 e. The first-order chi connectivity index (χ1) is 3.80. The maximum Gasteiger partial charge on any atom is 1.00 e. The van der Waals surface area contributed by atoms with Gasteiger partial charge in [-0.05, 0) is 11.5 Å². The summed E-state index contributed by atoms with van der Waals surface area (Å²) in [7, 11) is 0. The average molecular weight is 135 g/mol. The topological polar surface area (TPSA) is 86.7 Å². The Morgan fingerprint density at radius 2 is 2.33 bits per heavy atom. The number of nitrogens with zero attached hydrogens (tertiary/aromatic N) is 4. The predicted molar refractivity (Wildman–Crippen MR) is 21.6 cm³/mol. The molecular weight excluding hydrogens is 133 g/mol. The van der Waals surface area contributed by atoms with Crippen LogP contribution in [0.3, 0.4) is 0 Å². The summed E-state index contributed by atoms with van der Waals surface area (Å²) >= 11 is 0. The molecule has 0 aliphatic heterocycles. The van der Waals surface area contributed by atoms with Gasteiger partial charge in [-0.15, -0.1) is 0 Å². The van der Waals surface area contributed by atoms with Crippen LogP contribution in [0, 0.1) is 6.33 Å². The maximum atomic E-state index is 10.1. The molecule has 0 radical (unpaired) electrons. The third-order valence-corrected chi connectivity index (χ3v) is 0.522. The van der Waals surface area contributed by atoms with Gasteiger partial charge >= 0.3 is 29.6 Å². The van der Waals surface area contributed by atoms with Crippen LogP contribution in [0.4, 0.5) is 4.79 Å². The molecule has 7 heteroatoms. The Labute approximate surface area is 72.7 Å². The number of hydrogen-bond donors (Lipinski definition) is 1. The van der Waals surface area contributed by atoms with Crippen molar-refractivity contribution < 1.29 is 34.4 Å². The van der Waals surface area contributed by atoms with E-state index in [1.54, 1.807) is 0 Å². The number of primary amides is 1. The van der Waals surface area contributed by atoms with Crippen LogP contribution in [0.25, 0.3) is 0 Å². The number of carbonyl (C=O) groups is 1. The second-order valence-electron chi connectivity index (χ2n) is 1.03. The standard InChI is InChI=1S/C2H2N5O.Na/c3-2(8)7-1-4-5-6-7;/h(H2,3,8);/q-1;+1. The van der Waals surface area contributed by atoms with Crippen LogP contribution in [0.1, 0.15) is 0 Å². The summed E-state index contributed by atoms with van der Waals surface area (Å²) in [6.45, 7) is 0. The van der Waals surface area contributed by atoms with Crippen molar-refractivity contribution in [2.24, 2.45) is 5.73 Å². The van der Waals surface area contributed by atoms with E-state index in [0.717, 1.165) is 0 Å². The fourth-order valence-electron chi connectivity index (χ4n) is 0.236. The van der Waals surface area contributed by atoms with Crippen molar-refractivity contribution in [2.75, 3.05) is 0 Å². The molecule has 2 N–H and O–H groups in total. The van der Waals surface area contributed by atoms with Crippen molar-refractivity contribution in [1.82, 2.24) is 20.2 Å². The van der Waals surface area contributed by atoms with Crippen LogP contribution in [0.2, 0.25) is 0 Å². The third-order valence-electron chi connectivity index (χ3n) is 0.522. The molecular formula is C2H2N5NaO. The smallest absolute Gasteiger partial charge is 0.427 e. The Morgan fingerprint density at radius 1 is 1.67 bits per heavy atom. The molecule has 1 heterocycles. The van der Waals surface area contributed by atoms with Gasteiger partial charge in [0, 0.05) is 0 Å². The van der Waals surface area contributed by atoms with Gasteiger partial charge in [0.15, 0.2) is 6.03 Å². The van der Waals surface area contributed by atoms with Crippen molar-refractivity contribution in [2.45, 2.75) is 0 Å². The van der Waals surface area contributed by atoms with Crippen LogP contribution in [0.5, 0.6) is 0 Å². The summed E-state index contributed by atoms with van der Waals surface area (Å²) < 4.78 is 0.708. The fourth-order valence-corrected chi connectivity index (χ4v) is 0.236. The van der Waals surface area contributed by atoms with Gasteiger partial charge in [0.2, 0.25) is 0 Å². The van der Waals surface area contributed by atoms with Gasteiger partial charge in [-0.1, -0.05) is 5.21 Å². The normalized spacial score (nSPS) is 8.00. The molecule has 9 heavy (non-hydrogen) atoms. The monoisotopic (exact) mass is 135 g/mol. The summed E-state index contributed by atoms with van der Waals surface area (Å²) in [4.78, 5) is 10.1. The molecule has 0 aliphatic rings. The molecule has 0 aliphatic carbocycles. The summed E-state index contributed by atoms with van der Waals surface area (Å²) in [6.07, 6.45) is 2.11. The SMILES string of the molecule is NC(=O)n1[c-]nnn1.[Na+]. The summed E-state index contributed by atoms with van der Waals surface area (Å²) in [5.41, 5.74) is 4.71. The molecule has 1 amide bonds. The van der Waals surface area contributed by atoms with E-state index in [0.29, 0.717) is 4.68 Å².